The van der Waals surface area contributed by atoms with Crippen molar-refractivity contribution in [3.63, 3.8) is 0 Å². The van der Waals surface area contributed by atoms with Crippen molar-refractivity contribution >= 4 is 32.6 Å². The highest BCUT2D eigenvalue weighted by Gasteiger charge is 2.44. The van der Waals surface area contributed by atoms with Gasteiger partial charge in [0.2, 0.25) is 5.91 Å². The Labute approximate surface area is 221 Å². The quantitative estimate of drug-likeness (QED) is 0.566. The van der Waals surface area contributed by atoms with Crippen molar-refractivity contribution in [1.29, 1.82) is 0 Å². The molecule has 2 aliphatic rings. The highest BCUT2D eigenvalue weighted by atomic mass is 32.2. The fourth-order valence-electron chi connectivity index (χ4n) is 6.00. The van der Waals surface area contributed by atoms with Crippen LogP contribution < -0.4 is 5.32 Å². The van der Waals surface area contributed by atoms with E-state index < -0.39 is 21.1 Å². The molecule has 1 N–H and O–H groups in total. The molecule has 2 fully saturated rings. The zero-order valence-electron chi connectivity index (χ0n) is 23.0. The van der Waals surface area contributed by atoms with Gasteiger partial charge in [0.15, 0.2) is 9.84 Å². The SMILES string of the molecule is CC(C)N(C)[C@@H]1CC[C@H](N2CCC(NC(=O)c3cc4ccccc4n3C)C2=O)[C@H](CS(=O)(=O)C(C)C)C1. The van der Waals surface area contributed by atoms with Crippen LogP contribution in [0.5, 0.6) is 0 Å². The minimum atomic E-state index is -3.26. The van der Waals surface area contributed by atoms with Crippen molar-refractivity contribution in [2.24, 2.45) is 13.0 Å². The molecule has 1 saturated heterocycles. The summed E-state index contributed by atoms with van der Waals surface area (Å²) in [6.07, 6.45) is 2.98. The fraction of sp³-hybridized carbons (Fsp3) is 0.643. The summed E-state index contributed by atoms with van der Waals surface area (Å²) in [5.74, 6) is -0.391. The molecule has 204 valence electrons. The van der Waals surface area contributed by atoms with Gasteiger partial charge in [-0.25, -0.2) is 8.42 Å². The van der Waals surface area contributed by atoms with Gasteiger partial charge >= 0.3 is 0 Å². The number of likely N-dealkylation sites (tertiary alicyclic amines) is 1. The topological polar surface area (TPSA) is 91.7 Å². The molecule has 2 heterocycles. The molecule has 1 aromatic carbocycles. The van der Waals surface area contributed by atoms with Crippen LogP contribution in [0.15, 0.2) is 30.3 Å². The third kappa shape index (κ3) is 5.58. The summed E-state index contributed by atoms with van der Waals surface area (Å²) >= 11 is 0. The zero-order valence-corrected chi connectivity index (χ0v) is 23.8. The smallest absolute Gasteiger partial charge is 0.268 e. The van der Waals surface area contributed by atoms with E-state index in [1.807, 2.05) is 46.8 Å². The summed E-state index contributed by atoms with van der Waals surface area (Å²) in [7, 11) is 0.692. The average molecular weight is 531 g/mol. The van der Waals surface area contributed by atoms with Gasteiger partial charge in [-0.05, 0) is 78.5 Å². The third-order valence-electron chi connectivity index (χ3n) is 8.60. The molecule has 4 atom stereocenters. The maximum absolute atomic E-state index is 13.5. The molecule has 9 heteroatoms. The summed E-state index contributed by atoms with van der Waals surface area (Å²) in [5, 5.41) is 3.49. The first-order valence-corrected chi connectivity index (χ1v) is 15.2. The van der Waals surface area contributed by atoms with Crippen LogP contribution in [0, 0.1) is 5.92 Å². The molecule has 8 nitrogen and oxygen atoms in total. The number of amides is 2. The fourth-order valence-corrected chi connectivity index (χ4v) is 7.34. The van der Waals surface area contributed by atoms with E-state index in [-0.39, 0.29) is 29.5 Å². The number of nitrogens with one attached hydrogen (secondary N) is 1. The van der Waals surface area contributed by atoms with E-state index in [2.05, 4.69) is 31.1 Å². The summed E-state index contributed by atoms with van der Waals surface area (Å²) in [6.45, 7) is 8.29. The number of hydrogen-bond acceptors (Lipinski definition) is 5. The Hall–Kier alpha value is -2.39. The number of benzene rings is 1. The van der Waals surface area contributed by atoms with Crippen LogP contribution in [0.25, 0.3) is 10.9 Å². The summed E-state index contributed by atoms with van der Waals surface area (Å²) in [6, 6.07) is 9.59. The normalized spacial score (nSPS) is 25.1. The van der Waals surface area contributed by atoms with Crippen molar-refractivity contribution in [3.05, 3.63) is 36.0 Å². The van der Waals surface area contributed by atoms with Crippen molar-refractivity contribution in [2.75, 3.05) is 19.3 Å². The standard InChI is InChI=1S/C28H42N4O4S/c1-18(2)30(5)22-11-12-25(21(15-22)17-37(35,36)19(3)4)32-14-13-23(28(32)34)29-27(33)26-16-20-9-7-8-10-24(20)31(26)6/h7-10,16,18-19,21-23,25H,11-15,17H2,1-6H3,(H,29,33)/t21-,22+,23?,25-/m0/s1. The average Bonchev–Trinajstić information content (AvgIpc) is 3.38. The Morgan fingerprint density at radius 3 is 2.49 bits per heavy atom. The van der Waals surface area contributed by atoms with E-state index in [1.165, 1.54) is 0 Å². The Balaban J connectivity index is 1.50. The van der Waals surface area contributed by atoms with E-state index in [0.717, 1.165) is 30.2 Å². The molecular formula is C28H42N4O4S. The van der Waals surface area contributed by atoms with Gasteiger partial charge in [0, 0.05) is 42.6 Å². The predicted octanol–water partition coefficient (Wildman–Crippen LogP) is 3.21. The number of fused-ring (bicyclic) bond motifs is 1. The van der Waals surface area contributed by atoms with E-state index in [9.17, 15) is 18.0 Å². The molecule has 1 aliphatic carbocycles. The Morgan fingerprint density at radius 2 is 1.84 bits per heavy atom. The van der Waals surface area contributed by atoms with E-state index in [0.29, 0.717) is 30.7 Å². The number of carbonyl (C=O) groups is 2. The second kappa shape index (κ2) is 10.8. The lowest BCUT2D eigenvalue weighted by molar-refractivity contribution is -0.133. The monoisotopic (exact) mass is 530 g/mol. The van der Waals surface area contributed by atoms with Crippen LogP contribution in [-0.2, 0) is 21.7 Å². The first kappa shape index (κ1) is 27.6. The Bertz CT molecular complexity index is 1250. The molecule has 37 heavy (non-hydrogen) atoms. The predicted molar refractivity (Wildman–Crippen MR) is 147 cm³/mol. The molecule has 4 rings (SSSR count). The van der Waals surface area contributed by atoms with Crippen LogP contribution in [0.4, 0.5) is 0 Å². The largest absolute Gasteiger partial charge is 0.340 e. The number of rotatable bonds is 8. The summed E-state index contributed by atoms with van der Waals surface area (Å²) < 4.78 is 27.7. The highest BCUT2D eigenvalue weighted by molar-refractivity contribution is 7.91. The maximum Gasteiger partial charge on any atom is 0.268 e. The van der Waals surface area contributed by atoms with E-state index >= 15 is 0 Å². The van der Waals surface area contributed by atoms with Crippen molar-refractivity contribution in [3.8, 4) is 0 Å². The van der Waals surface area contributed by atoms with Crippen LogP contribution >= 0.6 is 0 Å². The van der Waals surface area contributed by atoms with Crippen molar-refractivity contribution in [2.45, 2.75) is 82.8 Å². The Kier molecular flexibility index (Phi) is 8.04. The molecule has 1 saturated carbocycles. The van der Waals surface area contributed by atoms with Crippen LogP contribution in [0.2, 0.25) is 0 Å². The lowest BCUT2D eigenvalue weighted by Crippen LogP contribution is -2.53. The highest BCUT2D eigenvalue weighted by Crippen LogP contribution is 2.35. The molecule has 0 spiro atoms. The van der Waals surface area contributed by atoms with E-state index in [1.54, 1.807) is 13.8 Å². The molecule has 0 bridgehead atoms. The minimum absolute atomic E-state index is 0.0918. The first-order valence-electron chi connectivity index (χ1n) is 13.5. The second-order valence-electron chi connectivity index (χ2n) is 11.4. The van der Waals surface area contributed by atoms with E-state index in [4.69, 9.17) is 0 Å². The van der Waals surface area contributed by atoms with Crippen LogP contribution in [0.3, 0.4) is 0 Å². The lowest BCUT2D eigenvalue weighted by Gasteiger charge is -2.44. The van der Waals surface area contributed by atoms with Gasteiger partial charge in [0.05, 0.1) is 11.0 Å². The number of nitrogens with zero attached hydrogens (tertiary/aromatic N) is 3. The molecule has 0 radical (unpaired) electrons. The molecular weight excluding hydrogens is 488 g/mol. The van der Waals surface area contributed by atoms with Gasteiger partial charge in [-0.15, -0.1) is 0 Å². The minimum Gasteiger partial charge on any atom is -0.340 e. The zero-order chi connectivity index (χ0) is 27.1. The number of para-hydroxylation sites is 1. The van der Waals surface area contributed by atoms with Crippen LogP contribution in [0.1, 0.15) is 63.9 Å². The second-order valence-corrected chi connectivity index (χ2v) is 14.0. The number of sulfone groups is 1. The summed E-state index contributed by atoms with van der Waals surface area (Å²) in [5.41, 5.74) is 1.48. The first-order chi connectivity index (χ1) is 17.4. The van der Waals surface area contributed by atoms with Gasteiger partial charge in [-0.3, -0.25) is 9.59 Å². The summed E-state index contributed by atoms with van der Waals surface area (Å²) in [4.78, 5) is 30.9. The maximum atomic E-state index is 13.5. The molecule has 1 unspecified atom stereocenters. The van der Waals surface area contributed by atoms with Gasteiger partial charge in [0.25, 0.3) is 5.91 Å². The van der Waals surface area contributed by atoms with Gasteiger partial charge in [0.1, 0.15) is 11.7 Å². The number of aromatic nitrogens is 1. The Morgan fingerprint density at radius 1 is 1.14 bits per heavy atom. The van der Waals surface area contributed by atoms with Crippen molar-refractivity contribution < 1.29 is 18.0 Å². The van der Waals surface area contributed by atoms with Gasteiger partial charge in [-0.1, -0.05) is 18.2 Å². The molecule has 2 aromatic rings. The van der Waals surface area contributed by atoms with Gasteiger partial charge in [-0.2, -0.15) is 0 Å². The number of carbonyl (C=O) groups excluding carboxylic acids is 2. The molecule has 1 aliphatic heterocycles. The molecule has 2 amide bonds. The molecule has 1 aromatic heterocycles. The third-order valence-corrected chi connectivity index (χ3v) is 10.9. The number of aryl methyl sites for hydroxylation is 1. The van der Waals surface area contributed by atoms with Gasteiger partial charge < -0.3 is 19.7 Å². The van der Waals surface area contributed by atoms with Crippen LogP contribution in [-0.4, -0.2) is 83.4 Å². The van der Waals surface area contributed by atoms with Crippen molar-refractivity contribution in [1.82, 2.24) is 19.7 Å². The lowest BCUT2D eigenvalue weighted by atomic mass is 9.81. The number of hydrogen-bond donors (Lipinski definition) is 1.